The lowest BCUT2D eigenvalue weighted by Gasteiger charge is -2.16. The summed E-state index contributed by atoms with van der Waals surface area (Å²) >= 11 is 0. The van der Waals surface area contributed by atoms with Gasteiger partial charge < -0.3 is 9.73 Å². The maximum atomic E-state index is 5.11. The molecule has 0 fully saturated rings. The summed E-state index contributed by atoms with van der Waals surface area (Å²) in [4.78, 5) is 0. The van der Waals surface area contributed by atoms with Crippen LogP contribution in [0.3, 0.4) is 0 Å². The molecule has 0 radical (unpaired) electrons. The van der Waals surface area contributed by atoms with Crippen molar-refractivity contribution in [2.45, 2.75) is 13.0 Å². The fourth-order valence-corrected chi connectivity index (χ4v) is 1.70. The van der Waals surface area contributed by atoms with Crippen molar-refractivity contribution in [1.29, 1.82) is 0 Å². The zero-order valence-corrected chi connectivity index (χ0v) is 8.97. The summed E-state index contributed by atoms with van der Waals surface area (Å²) in [6.45, 7) is 2.99. The van der Waals surface area contributed by atoms with Crippen LogP contribution in [0.5, 0.6) is 0 Å². The van der Waals surface area contributed by atoms with Gasteiger partial charge in [0.25, 0.3) is 0 Å². The molecule has 2 rings (SSSR count). The summed E-state index contributed by atoms with van der Waals surface area (Å²) in [7, 11) is 1.94. The molecule has 80 valence electrons. The first-order valence-corrected chi connectivity index (χ1v) is 5.06. The summed E-state index contributed by atoms with van der Waals surface area (Å²) in [5, 5.41) is 7.58. The van der Waals surface area contributed by atoms with E-state index in [2.05, 4.69) is 17.3 Å². The Morgan fingerprint density at radius 3 is 2.93 bits per heavy atom. The van der Waals surface area contributed by atoms with E-state index in [4.69, 9.17) is 4.42 Å². The summed E-state index contributed by atoms with van der Waals surface area (Å²) in [5.74, 6) is 0. The number of nitrogens with one attached hydrogen (secondary N) is 1. The van der Waals surface area contributed by atoms with Gasteiger partial charge in [0.1, 0.15) is 0 Å². The molecule has 0 aliphatic rings. The third-order valence-corrected chi connectivity index (χ3v) is 2.44. The SMILES string of the molecule is CCNC(c1ccoc1)c1ccnn1C. The smallest absolute Gasteiger partial charge is 0.0954 e. The molecule has 0 amide bonds. The molecule has 1 N–H and O–H groups in total. The molecule has 2 aromatic heterocycles. The first kappa shape index (κ1) is 9.98. The number of furan rings is 1. The Balaban J connectivity index is 2.32. The molecule has 0 aliphatic heterocycles. The minimum Gasteiger partial charge on any atom is -0.472 e. The highest BCUT2D eigenvalue weighted by Gasteiger charge is 2.16. The van der Waals surface area contributed by atoms with Gasteiger partial charge in [-0.3, -0.25) is 4.68 Å². The highest BCUT2D eigenvalue weighted by Crippen LogP contribution is 2.21. The normalized spacial score (nSPS) is 12.9. The molecule has 4 heteroatoms. The van der Waals surface area contributed by atoms with Gasteiger partial charge in [-0.1, -0.05) is 6.92 Å². The molecule has 0 saturated heterocycles. The van der Waals surface area contributed by atoms with E-state index in [-0.39, 0.29) is 6.04 Å². The van der Waals surface area contributed by atoms with E-state index in [0.717, 1.165) is 17.8 Å². The van der Waals surface area contributed by atoms with Gasteiger partial charge in [0.05, 0.1) is 24.3 Å². The van der Waals surface area contributed by atoms with Crippen molar-refractivity contribution in [3.05, 3.63) is 42.1 Å². The number of aromatic nitrogens is 2. The number of hydrogen-bond acceptors (Lipinski definition) is 3. The Labute approximate surface area is 88.9 Å². The standard InChI is InChI=1S/C11H15N3O/c1-3-12-11(9-5-7-15-8-9)10-4-6-13-14(10)2/h4-8,11-12H,3H2,1-2H3. The van der Waals surface area contributed by atoms with Crippen LogP contribution in [0.15, 0.2) is 35.3 Å². The lowest BCUT2D eigenvalue weighted by atomic mass is 10.1. The third-order valence-electron chi connectivity index (χ3n) is 2.44. The van der Waals surface area contributed by atoms with E-state index in [0.29, 0.717) is 0 Å². The molecule has 2 heterocycles. The average molecular weight is 205 g/mol. The van der Waals surface area contributed by atoms with Gasteiger partial charge in [0.15, 0.2) is 0 Å². The highest BCUT2D eigenvalue weighted by atomic mass is 16.3. The van der Waals surface area contributed by atoms with E-state index in [1.807, 2.05) is 23.9 Å². The van der Waals surface area contributed by atoms with Crippen molar-refractivity contribution in [3.8, 4) is 0 Å². The molecule has 1 atom stereocenters. The van der Waals surface area contributed by atoms with E-state index in [1.165, 1.54) is 0 Å². The maximum absolute atomic E-state index is 5.11. The molecule has 4 nitrogen and oxygen atoms in total. The van der Waals surface area contributed by atoms with Gasteiger partial charge in [-0.2, -0.15) is 5.10 Å². The minimum atomic E-state index is 0.154. The van der Waals surface area contributed by atoms with Crippen molar-refractivity contribution >= 4 is 0 Å². The monoisotopic (exact) mass is 205 g/mol. The van der Waals surface area contributed by atoms with E-state index < -0.39 is 0 Å². The van der Waals surface area contributed by atoms with Crippen molar-refractivity contribution in [2.75, 3.05) is 6.54 Å². The second-order valence-corrected chi connectivity index (χ2v) is 3.43. The van der Waals surface area contributed by atoms with Crippen LogP contribution < -0.4 is 5.32 Å². The summed E-state index contributed by atoms with van der Waals surface area (Å²) in [5.41, 5.74) is 2.26. The molecular formula is C11H15N3O. The molecule has 0 aliphatic carbocycles. The van der Waals surface area contributed by atoms with Crippen LogP contribution in [0.1, 0.15) is 24.2 Å². The fraction of sp³-hybridized carbons (Fsp3) is 0.364. The molecule has 2 aromatic rings. The van der Waals surface area contributed by atoms with Crippen molar-refractivity contribution in [2.24, 2.45) is 7.05 Å². The Kier molecular flexibility index (Phi) is 2.87. The zero-order chi connectivity index (χ0) is 10.7. The predicted molar refractivity (Wildman–Crippen MR) is 57.4 cm³/mol. The lowest BCUT2D eigenvalue weighted by Crippen LogP contribution is -2.23. The Hall–Kier alpha value is -1.55. The topological polar surface area (TPSA) is 43.0 Å². The van der Waals surface area contributed by atoms with Crippen LogP contribution in [-0.2, 0) is 7.05 Å². The largest absolute Gasteiger partial charge is 0.472 e. The van der Waals surface area contributed by atoms with Crippen LogP contribution in [0.25, 0.3) is 0 Å². The second-order valence-electron chi connectivity index (χ2n) is 3.43. The summed E-state index contributed by atoms with van der Waals surface area (Å²) < 4.78 is 6.99. The number of aryl methyl sites for hydroxylation is 1. The van der Waals surface area contributed by atoms with Gasteiger partial charge in [-0.05, 0) is 18.7 Å². The van der Waals surface area contributed by atoms with E-state index >= 15 is 0 Å². The first-order chi connectivity index (χ1) is 7.33. The van der Waals surface area contributed by atoms with E-state index in [1.54, 1.807) is 18.7 Å². The van der Waals surface area contributed by atoms with E-state index in [9.17, 15) is 0 Å². The van der Waals surface area contributed by atoms with Crippen LogP contribution in [-0.4, -0.2) is 16.3 Å². The van der Waals surface area contributed by atoms with Crippen LogP contribution in [0.2, 0.25) is 0 Å². The number of hydrogen-bond donors (Lipinski definition) is 1. The molecule has 1 unspecified atom stereocenters. The lowest BCUT2D eigenvalue weighted by molar-refractivity contribution is 0.540. The van der Waals surface area contributed by atoms with Crippen molar-refractivity contribution in [1.82, 2.24) is 15.1 Å². The van der Waals surface area contributed by atoms with Crippen LogP contribution >= 0.6 is 0 Å². The van der Waals surface area contributed by atoms with Gasteiger partial charge in [0, 0.05) is 18.8 Å². The fourth-order valence-electron chi connectivity index (χ4n) is 1.70. The van der Waals surface area contributed by atoms with Gasteiger partial charge >= 0.3 is 0 Å². The molecular weight excluding hydrogens is 190 g/mol. The van der Waals surface area contributed by atoms with Crippen LogP contribution in [0.4, 0.5) is 0 Å². The molecule has 0 saturated carbocycles. The Bertz CT molecular complexity index is 405. The van der Waals surface area contributed by atoms with Crippen LogP contribution in [0, 0.1) is 0 Å². The molecule has 0 spiro atoms. The minimum absolute atomic E-state index is 0.154. The number of rotatable bonds is 4. The maximum Gasteiger partial charge on any atom is 0.0954 e. The summed E-state index contributed by atoms with van der Waals surface area (Å²) in [6, 6.07) is 4.14. The third kappa shape index (κ3) is 1.94. The van der Waals surface area contributed by atoms with Gasteiger partial charge in [-0.15, -0.1) is 0 Å². The average Bonchev–Trinajstić information content (AvgIpc) is 2.85. The number of nitrogens with zero attached hydrogens (tertiary/aromatic N) is 2. The van der Waals surface area contributed by atoms with Gasteiger partial charge in [0.2, 0.25) is 0 Å². The molecule has 15 heavy (non-hydrogen) atoms. The summed E-state index contributed by atoms with van der Waals surface area (Å²) in [6.07, 6.45) is 5.26. The van der Waals surface area contributed by atoms with Crippen molar-refractivity contribution < 1.29 is 4.42 Å². The molecule has 0 aromatic carbocycles. The predicted octanol–water partition coefficient (Wildman–Crippen LogP) is 1.71. The molecule has 0 bridgehead atoms. The van der Waals surface area contributed by atoms with Gasteiger partial charge in [-0.25, -0.2) is 0 Å². The first-order valence-electron chi connectivity index (χ1n) is 5.06. The van der Waals surface area contributed by atoms with Crippen molar-refractivity contribution in [3.63, 3.8) is 0 Å². The zero-order valence-electron chi connectivity index (χ0n) is 8.97. The Morgan fingerprint density at radius 2 is 2.40 bits per heavy atom. The second kappa shape index (κ2) is 4.31. The Morgan fingerprint density at radius 1 is 1.53 bits per heavy atom. The highest BCUT2D eigenvalue weighted by molar-refractivity contribution is 5.23. The quantitative estimate of drug-likeness (QED) is 0.826.